The molecule has 0 aliphatic heterocycles. The Morgan fingerprint density at radius 3 is 1.75 bits per heavy atom. The van der Waals surface area contributed by atoms with Gasteiger partial charge in [0.1, 0.15) is 0 Å². The fraction of sp³-hybridized carbons (Fsp3) is 0.500. The zero-order chi connectivity index (χ0) is 4.12. The van der Waals surface area contributed by atoms with E-state index in [1.165, 1.54) is 23.3 Å². The van der Waals surface area contributed by atoms with Gasteiger partial charge in [-0.15, -0.1) is 0 Å². The molecule has 0 saturated heterocycles. The number of rotatable bonds is 1. The van der Waals surface area contributed by atoms with Gasteiger partial charge < -0.3 is 24.8 Å². The van der Waals surface area contributed by atoms with Crippen LogP contribution in [0.4, 0.5) is 0 Å². The van der Waals surface area contributed by atoms with Crippen LogP contribution in [-0.2, 0) is 18.3 Å². The molecule has 0 aromatic carbocycles. The van der Waals surface area contributed by atoms with Crippen LogP contribution >= 0.6 is 0 Å². The van der Waals surface area contributed by atoms with E-state index in [0.29, 0.717) is 0 Å². The molecule has 0 bridgehead atoms. The van der Waals surface area contributed by atoms with Crippen molar-refractivity contribution in [2.45, 2.75) is 11.9 Å². The van der Waals surface area contributed by atoms with Crippen molar-refractivity contribution in [3.63, 3.8) is 0 Å². The van der Waals surface area contributed by atoms with Crippen molar-refractivity contribution >= 4 is 0 Å². The second-order valence-electron chi connectivity index (χ2n) is 0.858. The molecule has 0 radical (unpaired) electrons. The summed E-state index contributed by atoms with van der Waals surface area (Å²) in [4.78, 5) is 0. The van der Waals surface area contributed by atoms with E-state index in [1.807, 2.05) is 0 Å². The van der Waals surface area contributed by atoms with Gasteiger partial charge in [-0.1, -0.05) is 0 Å². The number of allylic oxidation sites excluding steroid dienone is 2. The van der Waals surface area contributed by atoms with E-state index in [0.717, 1.165) is 0 Å². The van der Waals surface area contributed by atoms with Crippen LogP contribution in [0.2, 0.25) is 5.02 Å². The minimum atomic E-state index is 0. The Kier molecular flexibility index (Phi) is 66.7. The normalized spacial score (nSPS) is 6.38. The molecule has 0 amide bonds. The maximum absolute atomic E-state index is 2.18. The standard InChI is InChI=1S/C4H7.2ClH.Li.Zn/c1-3-4-2;;;;/h3-4H,1H2,2H3;2*1H;;/q;;;2*+1/p-2. The van der Waals surface area contributed by atoms with Gasteiger partial charge in [0.25, 0.3) is 0 Å². The Hall–Kier alpha value is 1.54. The summed E-state index contributed by atoms with van der Waals surface area (Å²) in [5.74, 6) is 0. The first kappa shape index (κ1) is 22.7. The SMILES string of the molecule is CC=C[CH2][Zn+].[Cl-].[Cl-].[Li+]. The largest absolute Gasteiger partial charge is 1.00 e. The fourth-order valence-corrected chi connectivity index (χ4v) is 0.866. The van der Waals surface area contributed by atoms with Gasteiger partial charge in [0.15, 0.2) is 0 Å². The zero-order valence-corrected chi connectivity index (χ0v) is 9.80. The van der Waals surface area contributed by atoms with Crippen LogP contribution in [0.5, 0.6) is 0 Å². The minimum Gasteiger partial charge on any atom is -1.00 e. The molecule has 40 valence electrons. The van der Waals surface area contributed by atoms with E-state index in [9.17, 15) is 0 Å². The summed E-state index contributed by atoms with van der Waals surface area (Å²) in [6.07, 6.45) is 4.27. The third-order valence-corrected chi connectivity index (χ3v) is 1.10. The third-order valence-electron chi connectivity index (χ3n) is 0.402. The predicted octanol–water partition coefficient (Wildman–Crippen LogP) is -7.46. The fourth-order valence-electron chi connectivity index (χ4n) is 0.167. The third kappa shape index (κ3) is 25.7. The number of hydrogen-bond acceptors (Lipinski definition) is 0. The van der Waals surface area contributed by atoms with E-state index in [-0.39, 0.29) is 43.7 Å². The van der Waals surface area contributed by atoms with Crippen LogP contribution in [-0.4, -0.2) is 0 Å². The quantitative estimate of drug-likeness (QED) is 0.290. The van der Waals surface area contributed by atoms with Crippen molar-refractivity contribution in [2.75, 3.05) is 0 Å². The minimum absolute atomic E-state index is 0. The summed E-state index contributed by atoms with van der Waals surface area (Å²) in [5, 5.41) is 1.29. The molecule has 8 heavy (non-hydrogen) atoms. The average Bonchev–Trinajstić information content (AvgIpc) is 1.41. The van der Waals surface area contributed by atoms with E-state index in [4.69, 9.17) is 0 Å². The second-order valence-corrected chi connectivity index (χ2v) is 2.07. The van der Waals surface area contributed by atoms with Crippen molar-refractivity contribution in [1.29, 1.82) is 0 Å². The van der Waals surface area contributed by atoms with Gasteiger partial charge in [0.2, 0.25) is 0 Å². The summed E-state index contributed by atoms with van der Waals surface area (Å²) >= 11 is 1.39. The molecule has 0 nitrogen and oxygen atoms in total. The zero-order valence-electron chi connectivity index (χ0n) is 5.32. The van der Waals surface area contributed by atoms with Gasteiger partial charge in [-0.05, 0) is 0 Å². The van der Waals surface area contributed by atoms with Crippen LogP contribution in [0.1, 0.15) is 6.92 Å². The molecule has 0 spiro atoms. The van der Waals surface area contributed by atoms with Gasteiger partial charge in [-0.3, -0.25) is 0 Å². The molecular weight excluding hydrogens is 191 g/mol. The van der Waals surface area contributed by atoms with Gasteiger partial charge in [0, 0.05) is 0 Å². The summed E-state index contributed by atoms with van der Waals surface area (Å²) in [7, 11) is 0. The van der Waals surface area contributed by atoms with E-state index >= 15 is 0 Å². The Balaban J connectivity index is -0.0000000267. The molecule has 0 saturated carbocycles. The number of hydrogen-bond donors (Lipinski definition) is 0. The Morgan fingerprint density at radius 1 is 1.38 bits per heavy atom. The maximum atomic E-state index is 2.18. The van der Waals surface area contributed by atoms with Crippen LogP contribution in [0, 0.1) is 0 Å². The predicted molar refractivity (Wildman–Crippen MR) is 19.6 cm³/mol. The maximum Gasteiger partial charge on any atom is 1.00 e. The van der Waals surface area contributed by atoms with Crippen molar-refractivity contribution in [3.8, 4) is 0 Å². The first-order valence-electron chi connectivity index (χ1n) is 1.82. The molecular formula is C4H7Cl2LiZn. The summed E-state index contributed by atoms with van der Waals surface area (Å²) in [6, 6.07) is 0. The molecule has 0 N–H and O–H groups in total. The van der Waals surface area contributed by atoms with Crippen LogP contribution in [0.25, 0.3) is 0 Å². The molecule has 0 fully saturated rings. The van der Waals surface area contributed by atoms with Crippen molar-refractivity contribution in [1.82, 2.24) is 0 Å². The monoisotopic (exact) mass is 196 g/mol. The molecule has 0 heterocycles. The summed E-state index contributed by atoms with van der Waals surface area (Å²) in [6.45, 7) is 2.05. The first-order valence-corrected chi connectivity index (χ1v) is 3.92. The molecule has 0 unspecified atom stereocenters. The van der Waals surface area contributed by atoms with Gasteiger partial charge in [-0.25, -0.2) is 0 Å². The molecule has 4 heteroatoms. The average molecular weight is 198 g/mol. The molecule has 0 aliphatic rings. The molecule has 0 aromatic rings. The van der Waals surface area contributed by atoms with Crippen LogP contribution in [0.3, 0.4) is 0 Å². The molecule has 0 atom stereocenters. The Labute approximate surface area is 85.5 Å². The Morgan fingerprint density at radius 2 is 1.75 bits per heavy atom. The van der Waals surface area contributed by atoms with E-state index < -0.39 is 0 Å². The van der Waals surface area contributed by atoms with Crippen molar-refractivity contribution in [2.24, 2.45) is 0 Å². The van der Waals surface area contributed by atoms with Gasteiger partial charge in [-0.2, -0.15) is 0 Å². The van der Waals surface area contributed by atoms with E-state index in [2.05, 4.69) is 19.1 Å². The topological polar surface area (TPSA) is 0 Å². The summed E-state index contributed by atoms with van der Waals surface area (Å²) in [5.41, 5.74) is 0. The van der Waals surface area contributed by atoms with E-state index in [1.54, 1.807) is 0 Å². The summed E-state index contributed by atoms with van der Waals surface area (Å²) < 4.78 is 0. The van der Waals surface area contributed by atoms with Gasteiger partial charge in [0.05, 0.1) is 0 Å². The van der Waals surface area contributed by atoms with Crippen molar-refractivity contribution < 1.29 is 62.0 Å². The Bertz CT molecular complexity index is 41.0. The van der Waals surface area contributed by atoms with Gasteiger partial charge >= 0.3 is 61.3 Å². The molecule has 0 rings (SSSR count). The molecule has 0 aliphatic carbocycles. The molecule has 0 aromatic heterocycles. The number of halogens is 2. The van der Waals surface area contributed by atoms with Crippen molar-refractivity contribution in [3.05, 3.63) is 12.2 Å². The van der Waals surface area contributed by atoms with Crippen LogP contribution in [0.15, 0.2) is 12.2 Å². The smallest absolute Gasteiger partial charge is 1.00 e. The second kappa shape index (κ2) is 23.6. The first-order chi connectivity index (χ1) is 2.41. The van der Waals surface area contributed by atoms with Crippen LogP contribution < -0.4 is 43.7 Å².